The van der Waals surface area contributed by atoms with E-state index >= 15 is 0 Å². The van der Waals surface area contributed by atoms with Crippen molar-refractivity contribution in [2.75, 3.05) is 20.6 Å². The Kier molecular flexibility index (Phi) is 5.36. The molecule has 0 saturated carbocycles. The van der Waals surface area contributed by atoms with Crippen LogP contribution in [-0.2, 0) is 4.74 Å². The fourth-order valence-corrected chi connectivity index (χ4v) is 3.82. The summed E-state index contributed by atoms with van der Waals surface area (Å²) in [6.45, 7) is 3.74. The Morgan fingerprint density at radius 3 is 2.00 bits per heavy atom. The summed E-state index contributed by atoms with van der Waals surface area (Å²) in [6.07, 6.45) is 4.74. The Bertz CT molecular complexity index is 461. The number of ether oxygens (including phenoxy) is 1. The molecule has 2 atom stereocenters. The highest BCUT2D eigenvalue weighted by Crippen LogP contribution is 2.46. The number of methoxy groups -OCH3 is 1. The highest BCUT2D eigenvalue weighted by Gasteiger charge is 2.71. The number of hydrogen-bond acceptors (Lipinski definition) is 4. The van der Waals surface area contributed by atoms with Crippen LogP contribution in [-0.4, -0.2) is 58.9 Å². The SMILES string of the molecule is CCCCC12NC(=O)NC1(CCCC)N(COC)C(=O)N2CO. The normalized spacial score (nSPS) is 29.7. The van der Waals surface area contributed by atoms with Crippen LogP contribution in [0.5, 0.6) is 0 Å². The van der Waals surface area contributed by atoms with E-state index in [9.17, 15) is 14.7 Å². The molecule has 0 radical (unpaired) electrons. The van der Waals surface area contributed by atoms with Gasteiger partial charge in [-0.1, -0.05) is 26.7 Å². The zero-order valence-electron chi connectivity index (χ0n) is 14.2. The third-order valence-electron chi connectivity index (χ3n) is 4.89. The van der Waals surface area contributed by atoms with Gasteiger partial charge in [0.25, 0.3) is 0 Å². The van der Waals surface area contributed by atoms with Crippen LogP contribution in [0.15, 0.2) is 0 Å². The number of nitrogens with one attached hydrogen (secondary N) is 2. The number of nitrogens with zero attached hydrogens (tertiary/aromatic N) is 2. The molecule has 2 aliphatic heterocycles. The lowest BCUT2D eigenvalue weighted by Crippen LogP contribution is -2.67. The van der Waals surface area contributed by atoms with Gasteiger partial charge in [0, 0.05) is 7.11 Å². The van der Waals surface area contributed by atoms with E-state index < -0.39 is 18.1 Å². The number of hydrogen-bond donors (Lipinski definition) is 3. The van der Waals surface area contributed by atoms with Crippen molar-refractivity contribution in [3.63, 3.8) is 0 Å². The third kappa shape index (κ3) is 2.53. The average Bonchev–Trinajstić information content (AvgIpc) is 2.90. The molecule has 0 aliphatic carbocycles. The van der Waals surface area contributed by atoms with Gasteiger partial charge in [-0.2, -0.15) is 0 Å². The second kappa shape index (κ2) is 6.92. The summed E-state index contributed by atoms with van der Waals surface area (Å²) in [5.41, 5.74) is -1.84. The molecule has 4 amide bonds. The first-order chi connectivity index (χ1) is 11.0. The van der Waals surface area contributed by atoms with E-state index in [1.807, 2.05) is 0 Å². The van der Waals surface area contributed by atoms with E-state index in [-0.39, 0.29) is 18.8 Å². The van der Waals surface area contributed by atoms with Crippen molar-refractivity contribution >= 4 is 12.1 Å². The van der Waals surface area contributed by atoms with E-state index in [0.29, 0.717) is 12.8 Å². The number of aliphatic hydroxyl groups excluding tert-OH is 1. The number of carbonyl (C=O) groups is 2. The Hall–Kier alpha value is -1.54. The fraction of sp³-hybridized carbons (Fsp3) is 0.867. The first-order valence-corrected chi connectivity index (χ1v) is 8.32. The maximum atomic E-state index is 12.8. The predicted octanol–water partition coefficient (Wildman–Crippen LogP) is 1.36. The van der Waals surface area contributed by atoms with Crippen LogP contribution >= 0.6 is 0 Å². The molecular weight excluding hydrogens is 300 g/mol. The highest BCUT2D eigenvalue weighted by molar-refractivity contribution is 5.88. The van der Waals surface area contributed by atoms with Crippen LogP contribution < -0.4 is 10.6 Å². The molecule has 132 valence electrons. The lowest BCUT2D eigenvalue weighted by molar-refractivity contribution is -0.0306. The van der Waals surface area contributed by atoms with Crippen LogP contribution in [0.3, 0.4) is 0 Å². The molecule has 2 fully saturated rings. The molecule has 2 saturated heterocycles. The quantitative estimate of drug-likeness (QED) is 0.596. The van der Waals surface area contributed by atoms with E-state index in [0.717, 1.165) is 25.7 Å². The van der Waals surface area contributed by atoms with Crippen molar-refractivity contribution in [2.45, 2.75) is 63.7 Å². The summed E-state index contributed by atoms with van der Waals surface area (Å²) in [6, 6.07) is -0.640. The summed E-state index contributed by atoms with van der Waals surface area (Å²) >= 11 is 0. The third-order valence-corrected chi connectivity index (χ3v) is 4.89. The summed E-state index contributed by atoms with van der Waals surface area (Å²) in [4.78, 5) is 27.9. The minimum atomic E-state index is -0.945. The van der Waals surface area contributed by atoms with Gasteiger partial charge in [-0.3, -0.25) is 9.80 Å². The predicted molar refractivity (Wildman–Crippen MR) is 84.2 cm³/mol. The Balaban J connectivity index is 2.51. The molecule has 23 heavy (non-hydrogen) atoms. The molecule has 3 N–H and O–H groups in total. The number of carbonyl (C=O) groups excluding carboxylic acids is 2. The summed E-state index contributed by atoms with van der Waals surface area (Å²) in [7, 11) is 1.51. The van der Waals surface area contributed by atoms with E-state index in [1.165, 1.54) is 16.9 Å². The van der Waals surface area contributed by atoms with Gasteiger partial charge in [-0.15, -0.1) is 0 Å². The molecule has 8 nitrogen and oxygen atoms in total. The number of fused-ring (bicyclic) bond motifs is 1. The van der Waals surface area contributed by atoms with Gasteiger partial charge < -0.3 is 20.5 Å². The number of aliphatic hydroxyl groups is 1. The maximum Gasteiger partial charge on any atom is 0.327 e. The zero-order chi connectivity index (χ0) is 17.1. The van der Waals surface area contributed by atoms with Gasteiger partial charge in [-0.25, -0.2) is 9.59 Å². The van der Waals surface area contributed by atoms with Crippen LogP contribution in [0.25, 0.3) is 0 Å². The largest absolute Gasteiger partial charge is 0.376 e. The standard InChI is InChI=1S/C15H28N4O4/c1-4-6-8-14-15(9-7-5-2,17-12(21)16-14)19(11-23-3)13(22)18(14)10-20/h20H,4-11H2,1-3H3,(H2,16,17,21). The van der Waals surface area contributed by atoms with Crippen molar-refractivity contribution in [1.29, 1.82) is 0 Å². The Morgan fingerprint density at radius 2 is 1.57 bits per heavy atom. The van der Waals surface area contributed by atoms with Crippen molar-refractivity contribution in [2.24, 2.45) is 0 Å². The average molecular weight is 328 g/mol. The summed E-state index contributed by atoms with van der Waals surface area (Å²) in [5, 5.41) is 15.7. The molecule has 2 unspecified atom stereocenters. The van der Waals surface area contributed by atoms with E-state index in [4.69, 9.17) is 4.74 Å². The molecule has 2 rings (SSSR count). The second-order valence-electron chi connectivity index (χ2n) is 6.20. The molecule has 0 spiro atoms. The molecule has 0 bridgehead atoms. The molecular formula is C15H28N4O4. The molecule has 8 heteroatoms. The monoisotopic (exact) mass is 328 g/mol. The summed E-state index contributed by atoms with van der Waals surface area (Å²) < 4.78 is 5.20. The van der Waals surface area contributed by atoms with Gasteiger partial charge >= 0.3 is 12.1 Å². The highest BCUT2D eigenvalue weighted by atomic mass is 16.5. The molecule has 0 aromatic carbocycles. The van der Waals surface area contributed by atoms with Gasteiger partial charge in [0.1, 0.15) is 13.5 Å². The second-order valence-corrected chi connectivity index (χ2v) is 6.20. The van der Waals surface area contributed by atoms with E-state index in [2.05, 4.69) is 24.5 Å². The van der Waals surface area contributed by atoms with E-state index in [1.54, 1.807) is 0 Å². The summed E-state index contributed by atoms with van der Waals surface area (Å²) in [5.74, 6) is 0. The number of unbranched alkanes of at least 4 members (excludes halogenated alkanes) is 2. The topological polar surface area (TPSA) is 94.1 Å². The Labute approximate surface area is 137 Å². The van der Waals surface area contributed by atoms with Crippen LogP contribution in [0.2, 0.25) is 0 Å². The van der Waals surface area contributed by atoms with Crippen LogP contribution in [0.4, 0.5) is 9.59 Å². The maximum absolute atomic E-state index is 12.8. The molecule has 0 aromatic rings. The van der Waals surface area contributed by atoms with Gasteiger partial charge in [-0.05, 0) is 25.7 Å². The lowest BCUT2D eigenvalue weighted by Gasteiger charge is -2.43. The first-order valence-electron chi connectivity index (χ1n) is 8.32. The molecule has 0 aromatic heterocycles. The van der Waals surface area contributed by atoms with Crippen molar-refractivity contribution in [3.05, 3.63) is 0 Å². The zero-order valence-corrected chi connectivity index (χ0v) is 14.2. The number of rotatable bonds is 9. The van der Waals surface area contributed by atoms with Gasteiger partial charge in [0.05, 0.1) is 0 Å². The lowest BCUT2D eigenvalue weighted by atomic mass is 9.85. The molecule has 2 heterocycles. The van der Waals surface area contributed by atoms with Gasteiger partial charge in [0.2, 0.25) is 0 Å². The number of amides is 4. The van der Waals surface area contributed by atoms with Crippen molar-refractivity contribution in [3.8, 4) is 0 Å². The number of urea groups is 2. The van der Waals surface area contributed by atoms with Crippen LogP contribution in [0.1, 0.15) is 52.4 Å². The van der Waals surface area contributed by atoms with Crippen molar-refractivity contribution < 1.29 is 19.4 Å². The minimum Gasteiger partial charge on any atom is -0.376 e. The smallest absolute Gasteiger partial charge is 0.327 e. The minimum absolute atomic E-state index is 0.0644. The first kappa shape index (κ1) is 17.8. The fourth-order valence-electron chi connectivity index (χ4n) is 3.82. The van der Waals surface area contributed by atoms with Crippen LogP contribution in [0, 0.1) is 0 Å². The Morgan fingerprint density at radius 1 is 1.04 bits per heavy atom. The van der Waals surface area contributed by atoms with Gasteiger partial charge in [0.15, 0.2) is 11.3 Å². The van der Waals surface area contributed by atoms with Crippen molar-refractivity contribution in [1.82, 2.24) is 20.4 Å². The molecule has 2 aliphatic rings.